The fraction of sp³-hybridized carbons (Fsp3) is 0.812. The van der Waals surface area contributed by atoms with Gasteiger partial charge in [-0.05, 0) is 42.1 Å². The molecule has 0 saturated carbocycles. The Bertz CT molecular complexity index is 465. The van der Waals surface area contributed by atoms with Crippen molar-refractivity contribution in [2.24, 2.45) is 0 Å². The zero-order valence-electron chi connectivity index (χ0n) is 13.9. The van der Waals surface area contributed by atoms with Gasteiger partial charge in [-0.1, -0.05) is 20.8 Å². The van der Waals surface area contributed by atoms with Gasteiger partial charge in [-0.25, -0.2) is 0 Å². The lowest BCUT2D eigenvalue weighted by molar-refractivity contribution is 0.115. The van der Waals surface area contributed by atoms with Gasteiger partial charge >= 0.3 is 0 Å². The van der Waals surface area contributed by atoms with Gasteiger partial charge in [0, 0.05) is 38.3 Å². The van der Waals surface area contributed by atoms with Gasteiger partial charge in [0.15, 0.2) is 0 Å². The normalized spacial score (nSPS) is 19.1. The molecule has 1 aromatic rings. The van der Waals surface area contributed by atoms with E-state index in [0.717, 1.165) is 39.1 Å². The highest BCUT2D eigenvalue weighted by molar-refractivity contribution is 9.10. The summed E-state index contributed by atoms with van der Waals surface area (Å²) in [4.78, 5) is 2.58. The van der Waals surface area contributed by atoms with E-state index in [-0.39, 0.29) is 5.54 Å². The second kappa shape index (κ2) is 7.25. The first-order valence-corrected chi connectivity index (χ1v) is 9.09. The Kier molecular flexibility index (Phi) is 5.86. The highest BCUT2D eigenvalue weighted by atomic mass is 79.9. The number of nitrogens with zero attached hydrogens (tertiary/aromatic N) is 3. The van der Waals surface area contributed by atoms with Gasteiger partial charge in [0.25, 0.3) is 0 Å². The van der Waals surface area contributed by atoms with Crippen molar-refractivity contribution in [2.45, 2.75) is 65.6 Å². The maximum atomic E-state index is 4.72. The average molecular weight is 357 g/mol. The summed E-state index contributed by atoms with van der Waals surface area (Å²) in [5.41, 5.74) is 2.80. The number of nitrogens with one attached hydrogen (secondary N) is 1. The molecule has 5 heteroatoms. The molecule has 0 bridgehead atoms. The van der Waals surface area contributed by atoms with Crippen LogP contribution in [0.4, 0.5) is 0 Å². The molecule has 21 heavy (non-hydrogen) atoms. The molecule has 0 aromatic carbocycles. The van der Waals surface area contributed by atoms with E-state index in [1.165, 1.54) is 28.7 Å². The van der Waals surface area contributed by atoms with Crippen molar-refractivity contribution in [3.63, 3.8) is 0 Å². The SMILES string of the molecule is CCc1nn(CC)c(CN2CCNC(CC)(CC)C2)c1Br. The van der Waals surface area contributed by atoms with Crippen LogP contribution in [0.15, 0.2) is 4.47 Å². The second-order valence-electron chi connectivity index (χ2n) is 6.00. The van der Waals surface area contributed by atoms with E-state index in [2.05, 4.69) is 58.5 Å². The summed E-state index contributed by atoms with van der Waals surface area (Å²) in [7, 11) is 0. The summed E-state index contributed by atoms with van der Waals surface area (Å²) in [6.07, 6.45) is 3.36. The molecule has 2 heterocycles. The molecule has 1 N–H and O–H groups in total. The van der Waals surface area contributed by atoms with Gasteiger partial charge in [-0.2, -0.15) is 5.10 Å². The molecule has 1 aliphatic rings. The molecule has 1 aliphatic heterocycles. The number of aryl methyl sites for hydroxylation is 2. The Balaban J connectivity index is 2.16. The van der Waals surface area contributed by atoms with Crippen LogP contribution in [0.3, 0.4) is 0 Å². The maximum absolute atomic E-state index is 4.72. The van der Waals surface area contributed by atoms with Crippen LogP contribution in [0.2, 0.25) is 0 Å². The molecule has 1 fully saturated rings. The monoisotopic (exact) mass is 356 g/mol. The van der Waals surface area contributed by atoms with Gasteiger partial charge in [-0.3, -0.25) is 9.58 Å². The largest absolute Gasteiger partial charge is 0.309 e. The third-order valence-electron chi connectivity index (χ3n) is 4.88. The predicted octanol–water partition coefficient (Wildman–Crippen LogP) is 3.19. The molecule has 0 amide bonds. The van der Waals surface area contributed by atoms with Crippen LogP contribution >= 0.6 is 15.9 Å². The smallest absolute Gasteiger partial charge is 0.0767 e. The minimum atomic E-state index is 0.287. The van der Waals surface area contributed by atoms with E-state index >= 15 is 0 Å². The zero-order chi connectivity index (χ0) is 15.5. The number of aromatic nitrogens is 2. The first-order valence-electron chi connectivity index (χ1n) is 8.30. The Morgan fingerprint density at radius 2 is 1.95 bits per heavy atom. The molecule has 0 unspecified atom stereocenters. The van der Waals surface area contributed by atoms with Crippen molar-refractivity contribution in [2.75, 3.05) is 19.6 Å². The van der Waals surface area contributed by atoms with Gasteiger partial charge in [0.05, 0.1) is 15.9 Å². The molecule has 1 aromatic heterocycles. The second-order valence-corrected chi connectivity index (χ2v) is 6.79. The van der Waals surface area contributed by atoms with Crippen LogP contribution in [0.5, 0.6) is 0 Å². The van der Waals surface area contributed by atoms with Crippen LogP contribution in [0.25, 0.3) is 0 Å². The van der Waals surface area contributed by atoms with Gasteiger partial charge in [-0.15, -0.1) is 0 Å². The molecular formula is C16H29BrN4. The first kappa shape index (κ1) is 17.0. The van der Waals surface area contributed by atoms with Crippen LogP contribution in [-0.2, 0) is 19.5 Å². The van der Waals surface area contributed by atoms with Crippen molar-refractivity contribution < 1.29 is 0 Å². The number of hydrogen-bond donors (Lipinski definition) is 1. The third-order valence-corrected chi connectivity index (χ3v) is 5.79. The first-order chi connectivity index (χ1) is 10.1. The highest BCUT2D eigenvalue weighted by Gasteiger charge is 2.32. The third kappa shape index (κ3) is 3.51. The van der Waals surface area contributed by atoms with Gasteiger partial charge in [0.2, 0.25) is 0 Å². The molecule has 4 nitrogen and oxygen atoms in total. The highest BCUT2D eigenvalue weighted by Crippen LogP contribution is 2.26. The number of piperazine rings is 1. The molecule has 0 aliphatic carbocycles. The Labute approximate surface area is 137 Å². The van der Waals surface area contributed by atoms with Crippen LogP contribution in [0.1, 0.15) is 51.9 Å². The molecule has 0 atom stereocenters. The summed E-state index contributed by atoms with van der Waals surface area (Å²) < 4.78 is 3.37. The Morgan fingerprint density at radius 3 is 2.52 bits per heavy atom. The fourth-order valence-corrected chi connectivity index (χ4v) is 3.97. The van der Waals surface area contributed by atoms with Gasteiger partial charge in [0.1, 0.15) is 0 Å². The number of hydrogen-bond acceptors (Lipinski definition) is 3. The molecular weight excluding hydrogens is 328 g/mol. The summed E-state index contributed by atoms with van der Waals surface area (Å²) >= 11 is 3.77. The van der Waals surface area contributed by atoms with Crippen molar-refractivity contribution in [1.29, 1.82) is 0 Å². The minimum Gasteiger partial charge on any atom is -0.309 e. The quantitative estimate of drug-likeness (QED) is 0.849. The summed E-state index contributed by atoms with van der Waals surface area (Å²) in [6.45, 7) is 14.2. The fourth-order valence-electron chi connectivity index (χ4n) is 3.28. The maximum Gasteiger partial charge on any atom is 0.0767 e. The van der Waals surface area contributed by atoms with E-state index in [9.17, 15) is 0 Å². The Morgan fingerprint density at radius 1 is 1.24 bits per heavy atom. The molecule has 1 saturated heterocycles. The lowest BCUT2D eigenvalue weighted by Crippen LogP contribution is -2.59. The van der Waals surface area contributed by atoms with Crippen LogP contribution in [-0.4, -0.2) is 39.9 Å². The molecule has 0 radical (unpaired) electrons. The molecule has 2 rings (SSSR count). The van der Waals surface area contributed by atoms with Crippen molar-refractivity contribution in [3.05, 3.63) is 15.9 Å². The van der Waals surface area contributed by atoms with Crippen molar-refractivity contribution in [3.8, 4) is 0 Å². The van der Waals surface area contributed by atoms with E-state index in [1.807, 2.05) is 0 Å². The van der Waals surface area contributed by atoms with Crippen molar-refractivity contribution in [1.82, 2.24) is 20.0 Å². The average Bonchev–Trinajstić information content (AvgIpc) is 2.83. The summed E-state index contributed by atoms with van der Waals surface area (Å²) in [5, 5.41) is 8.45. The summed E-state index contributed by atoms with van der Waals surface area (Å²) in [5.74, 6) is 0. The minimum absolute atomic E-state index is 0.287. The van der Waals surface area contributed by atoms with E-state index in [1.54, 1.807) is 0 Å². The van der Waals surface area contributed by atoms with Crippen LogP contribution < -0.4 is 5.32 Å². The standard InChI is InChI=1S/C16H29BrN4/c1-5-13-15(17)14(21(8-4)19-13)11-20-10-9-18-16(6-2,7-3)12-20/h18H,5-12H2,1-4H3. The predicted molar refractivity (Wildman–Crippen MR) is 91.6 cm³/mol. The topological polar surface area (TPSA) is 33.1 Å². The Hall–Kier alpha value is -0.390. The lowest BCUT2D eigenvalue weighted by Gasteiger charge is -2.43. The molecule has 0 spiro atoms. The number of halogens is 1. The summed E-state index contributed by atoms with van der Waals surface area (Å²) in [6, 6.07) is 0. The van der Waals surface area contributed by atoms with Gasteiger partial charge < -0.3 is 5.32 Å². The van der Waals surface area contributed by atoms with E-state index in [0.29, 0.717) is 0 Å². The van der Waals surface area contributed by atoms with Crippen LogP contribution in [0, 0.1) is 0 Å². The van der Waals surface area contributed by atoms with E-state index in [4.69, 9.17) is 5.10 Å². The van der Waals surface area contributed by atoms with Crippen molar-refractivity contribution >= 4 is 15.9 Å². The number of rotatable bonds is 6. The van der Waals surface area contributed by atoms with E-state index < -0.39 is 0 Å². The zero-order valence-corrected chi connectivity index (χ0v) is 15.5. The lowest BCUT2D eigenvalue weighted by atomic mass is 9.90. The molecule has 120 valence electrons.